The van der Waals surface area contributed by atoms with Crippen molar-refractivity contribution in [1.82, 2.24) is 26.2 Å². The highest BCUT2D eigenvalue weighted by atomic mass is 16.2. The summed E-state index contributed by atoms with van der Waals surface area (Å²) in [6.45, 7) is 23.4. The highest BCUT2D eigenvalue weighted by Crippen LogP contribution is 2.91. The molecule has 11 heteroatoms. The molecule has 6 rings (SSSR count). The van der Waals surface area contributed by atoms with Gasteiger partial charge in [0.2, 0.25) is 23.6 Å². The highest BCUT2D eigenvalue weighted by molar-refractivity contribution is 6.40. The number of hydrogen-bond donors (Lipinski definition) is 5. The summed E-state index contributed by atoms with van der Waals surface area (Å²) >= 11 is 0. The van der Waals surface area contributed by atoms with Gasteiger partial charge in [-0.1, -0.05) is 102 Å². The van der Waals surface area contributed by atoms with Gasteiger partial charge in [-0.3, -0.25) is 29.4 Å². The predicted octanol–water partition coefficient (Wildman–Crippen LogP) is 6.67. The first kappa shape index (κ1) is 44.1. The van der Waals surface area contributed by atoms with Crippen LogP contribution in [0.5, 0.6) is 0 Å². The summed E-state index contributed by atoms with van der Waals surface area (Å²) in [6.07, 6.45) is 12.0. The summed E-state index contributed by atoms with van der Waals surface area (Å²) in [6, 6.07) is -3.08. The molecule has 6 aliphatic rings. The monoisotopic (exact) mass is 781 g/mol. The van der Waals surface area contributed by atoms with E-state index in [4.69, 9.17) is 5.41 Å². The molecular weight excluding hydrogens is 705 g/mol. The zero-order chi connectivity index (χ0) is 41.6. The lowest BCUT2D eigenvalue weighted by molar-refractivity contribution is -0.145. The fourth-order valence-electron chi connectivity index (χ4n) is 11.3. The SMILES string of the molecule is CC(C)(C)C.CCCC(C)C(=O)NC1C(=O)N[C@@H](C(C)(C)C)C(=O)N2C[C@@]3(CC2C(=O)NC(CCC)C(=N)C(=O)NC2CC2)C2(CCC2)C3(C)C2CCCC1C2. The van der Waals surface area contributed by atoms with E-state index in [1.807, 2.05) is 34.6 Å². The van der Waals surface area contributed by atoms with E-state index in [-0.39, 0.29) is 63.5 Å². The Kier molecular flexibility index (Phi) is 12.9. The first-order chi connectivity index (χ1) is 26.0. The third-order valence-corrected chi connectivity index (χ3v) is 14.5. The van der Waals surface area contributed by atoms with Crippen LogP contribution in [0.15, 0.2) is 0 Å². The number of hydrogen-bond acceptors (Lipinski definition) is 6. The lowest BCUT2D eigenvalue weighted by atomic mass is 9.65. The van der Waals surface area contributed by atoms with Crippen molar-refractivity contribution < 1.29 is 24.0 Å². The molecule has 2 aliphatic heterocycles. The lowest BCUT2D eigenvalue weighted by Crippen LogP contribution is -2.62. The fourth-order valence-corrected chi connectivity index (χ4v) is 11.3. The van der Waals surface area contributed by atoms with Crippen molar-refractivity contribution in [3.05, 3.63) is 0 Å². The molecule has 56 heavy (non-hydrogen) atoms. The number of nitrogens with zero attached hydrogens (tertiary/aromatic N) is 1. The van der Waals surface area contributed by atoms with Crippen LogP contribution in [-0.4, -0.2) is 76.9 Å². The van der Waals surface area contributed by atoms with Crippen LogP contribution in [0.1, 0.15) is 166 Å². The molecular formula is C45H76N6O5. The number of carbonyl (C=O) groups excluding carboxylic acids is 5. The van der Waals surface area contributed by atoms with Crippen LogP contribution in [0.4, 0.5) is 0 Å². The molecule has 4 bridgehead atoms. The molecule has 4 aliphatic carbocycles. The second-order valence-electron chi connectivity index (χ2n) is 21.5. The quantitative estimate of drug-likeness (QED) is 0.148. The van der Waals surface area contributed by atoms with Crippen LogP contribution >= 0.6 is 0 Å². The van der Waals surface area contributed by atoms with Gasteiger partial charge in [-0.05, 0) is 97.7 Å². The first-order valence-electron chi connectivity index (χ1n) is 22.2. The largest absolute Gasteiger partial charge is 0.348 e. The third-order valence-electron chi connectivity index (χ3n) is 14.5. The summed E-state index contributed by atoms with van der Waals surface area (Å²) in [4.78, 5) is 72.2. The summed E-state index contributed by atoms with van der Waals surface area (Å²) in [5.41, 5.74) is -0.645. The molecule has 0 radical (unpaired) electrons. The van der Waals surface area contributed by atoms with E-state index in [1.54, 1.807) is 4.90 Å². The van der Waals surface area contributed by atoms with Gasteiger partial charge in [0.25, 0.3) is 5.91 Å². The molecule has 5 amide bonds. The van der Waals surface area contributed by atoms with E-state index in [2.05, 4.69) is 62.8 Å². The van der Waals surface area contributed by atoms with E-state index in [0.717, 1.165) is 70.6 Å². The third kappa shape index (κ3) is 8.43. The van der Waals surface area contributed by atoms with Gasteiger partial charge in [0.05, 0.1) is 6.04 Å². The van der Waals surface area contributed by atoms with Gasteiger partial charge < -0.3 is 26.2 Å². The van der Waals surface area contributed by atoms with Crippen molar-refractivity contribution >= 4 is 35.2 Å². The lowest BCUT2D eigenvalue weighted by Gasteiger charge is -2.42. The second-order valence-corrected chi connectivity index (χ2v) is 21.5. The Bertz CT molecular complexity index is 1520. The molecule has 11 nitrogen and oxygen atoms in total. The van der Waals surface area contributed by atoms with E-state index >= 15 is 0 Å². The maximum atomic E-state index is 15.0. The highest BCUT2D eigenvalue weighted by Gasteiger charge is 2.88. The number of rotatable bonds is 11. The summed E-state index contributed by atoms with van der Waals surface area (Å²) < 4.78 is 0. The number of amides is 5. The molecule has 2 spiro atoms. The smallest absolute Gasteiger partial charge is 0.267 e. The van der Waals surface area contributed by atoms with Crippen LogP contribution < -0.4 is 21.3 Å². The molecule has 5 N–H and O–H groups in total. The normalized spacial score (nSPS) is 33.1. The molecule has 0 aromatic carbocycles. The summed E-state index contributed by atoms with van der Waals surface area (Å²) in [5, 5.41) is 21.0. The average Bonchev–Trinajstić information content (AvgIpc) is 3.93. The van der Waals surface area contributed by atoms with Crippen molar-refractivity contribution in [2.45, 2.75) is 196 Å². The summed E-state index contributed by atoms with van der Waals surface area (Å²) in [5.74, 6) is -1.43. The van der Waals surface area contributed by atoms with Gasteiger partial charge in [-0.15, -0.1) is 0 Å². The van der Waals surface area contributed by atoms with Crippen LogP contribution in [0.2, 0.25) is 0 Å². The van der Waals surface area contributed by atoms with E-state index in [0.29, 0.717) is 37.1 Å². The Balaban J connectivity index is 0.00000113. The van der Waals surface area contributed by atoms with E-state index in [9.17, 15) is 24.0 Å². The van der Waals surface area contributed by atoms with Crippen molar-refractivity contribution in [3.8, 4) is 0 Å². The zero-order valence-electron chi connectivity index (χ0n) is 36.7. The van der Waals surface area contributed by atoms with Gasteiger partial charge in [-0.2, -0.15) is 0 Å². The minimum absolute atomic E-state index is 0.0247. The predicted molar refractivity (Wildman–Crippen MR) is 221 cm³/mol. The molecule has 0 aromatic rings. The maximum Gasteiger partial charge on any atom is 0.267 e. The van der Waals surface area contributed by atoms with Crippen molar-refractivity contribution in [2.24, 2.45) is 44.8 Å². The minimum Gasteiger partial charge on any atom is -0.348 e. The van der Waals surface area contributed by atoms with Crippen molar-refractivity contribution in [2.75, 3.05) is 6.54 Å². The molecule has 0 aromatic heterocycles. The van der Waals surface area contributed by atoms with Gasteiger partial charge in [0, 0.05) is 23.9 Å². The zero-order valence-corrected chi connectivity index (χ0v) is 36.7. The molecule has 2 heterocycles. The van der Waals surface area contributed by atoms with Crippen molar-refractivity contribution in [1.29, 1.82) is 5.41 Å². The van der Waals surface area contributed by atoms with Crippen LogP contribution in [0.25, 0.3) is 0 Å². The molecule has 316 valence electrons. The Morgan fingerprint density at radius 2 is 1.54 bits per heavy atom. The first-order valence-corrected chi connectivity index (χ1v) is 22.2. The molecule has 6 fully saturated rings. The molecule has 4 saturated carbocycles. The topological polar surface area (TPSA) is 161 Å². The Hall–Kier alpha value is -2.98. The fraction of sp³-hybridized carbons (Fsp3) is 0.867. The van der Waals surface area contributed by atoms with Gasteiger partial charge >= 0.3 is 0 Å². The number of carbonyl (C=O) groups is 5. The molecule has 9 atom stereocenters. The summed E-state index contributed by atoms with van der Waals surface area (Å²) in [7, 11) is 0. The number of nitrogens with one attached hydrogen (secondary N) is 5. The van der Waals surface area contributed by atoms with Crippen LogP contribution in [0.3, 0.4) is 0 Å². The Labute approximate surface area is 337 Å². The second kappa shape index (κ2) is 16.3. The Morgan fingerprint density at radius 3 is 2.07 bits per heavy atom. The minimum atomic E-state index is -0.918. The van der Waals surface area contributed by atoms with E-state index in [1.165, 1.54) is 0 Å². The van der Waals surface area contributed by atoms with Crippen LogP contribution in [-0.2, 0) is 24.0 Å². The standard InChI is InChI=1S/C40H64N6O5.C5H12/c1-8-12-23(3)32(47)44-30-24-14-10-15-25(20-24)38(7)39(18-11-19-39)40(38)21-28(46(22-40)36(51)31(37(4,5)6)45-35(30)50)33(48)43-27(13-9-2)29(41)34(49)42-26-16-17-26;1-5(2,3)4/h23-28,30-31,41H,8-22H2,1-7H3,(H,42,49)(H,43,48)(H,44,47)(H,45,50);1-4H3/t23?,24?,25?,27?,28?,30?,31-,38?,40-;/m1./s1. The average molecular weight is 781 g/mol. The van der Waals surface area contributed by atoms with E-state index < -0.39 is 35.5 Å². The van der Waals surface area contributed by atoms with Crippen LogP contribution in [0, 0.1) is 50.2 Å². The van der Waals surface area contributed by atoms with Gasteiger partial charge in [0.15, 0.2) is 0 Å². The van der Waals surface area contributed by atoms with Gasteiger partial charge in [-0.25, -0.2) is 0 Å². The molecule has 7 unspecified atom stereocenters. The maximum absolute atomic E-state index is 15.0. The van der Waals surface area contributed by atoms with Gasteiger partial charge in [0.1, 0.15) is 23.8 Å². The molecule has 2 saturated heterocycles. The Morgan fingerprint density at radius 1 is 0.911 bits per heavy atom. The van der Waals surface area contributed by atoms with Crippen molar-refractivity contribution in [3.63, 3.8) is 0 Å². The number of fused-ring (bicyclic) bond motifs is 5.